The number of aromatic nitrogens is 1. The van der Waals surface area contributed by atoms with Gasteiger partial charge in [0.25, 0.3) is 5.91 Å². The molecular formula is C16H17N3O5. The highest BCUT2D eigenvalue weighted by atomic mass is 16.4. The summed E-state index contributed by atoms with van der Waals surface area (Å²) in [6.45, 7) is 1.04. The second kappa shape index (κ2) is 5.70. The molecule has 2 aromatic rings. The molecule has 24 heavy (non-hydrogen) atoms. The van der Waals surface area contributed by atoms with E-state index in [4.69, 9.17) is 4.42 Å². The highest BCUT2D eigenvalue weighted by Gasteiger charge is 2.47. The van der Waals surface area contributed by atoms with Gasteiger partial charge < -0.3 is 18.6 Å². The standard InChI is InChI=1S/C16H17N3O5/c20-14(2-1-10-3-4-23-8-10)18-6-12-5-11(18)7-19(12)15(21)13-9-24-16(22)17-13/h3-4,8-9,11-12H,1-2,5-7H2,(H,17,22)/t11-,12-/m0/s1. The average molecular weight is 331 g/mol. The van der Waals surface area contributed by atoms with Gasteiger partial charge in [-0.05, 0) is 24.5 Å². The van der Waals surface area contributed by atoms with Gasteiger partial charge in [-0.3, -0.25) is 14.6 Å². The molecule has 1 N–H and O–H groups in total. The Kier molecular flexibility index (Phi) is 3.51. The van der Waals surface area contributed by atoms with Crippen molar-refractivity contribution < 1.29 is 18.4 Å². The van der Waals surface area contributed by atoms with Gasteiger partial charge in [-0.15, -0.1) is 0 Å². The van der Waals surface area contributed by atoms with Crippen molar-refractivity contribution in [1.82, 2.24) is 14.8 Å². The van der Waals surface area contributed by atoms with Gasteiger partial charge in [0.1, 0.15) is 12.0 Å². The maximum absolute atomic E-state index is 12.4. The number of nitrogens with one attached hydrogen (secondary N) is 1. The Balaban J connectivity index is 1.36. The van der Waals surface area contributed by atoms with Gasteiger partial charge in [-0.1, -0.05) is 0 Å². The van der Waals surface area contributed by atoms with Crippen LogP contribution in [0.1, 0.15) is 28.9 Å². The summed E-state index contributed by atoms with van der Waals surface area (Å²) < 4.78 is 9.63. The number of fused-ring (bicyclic) bond motifs is 2. The fraction of sp³-hybridized carbons (Fsp3) is 0.438. The van der Waals surface area contributed by atoms with Gasteiger partial charge in [0.2, 0.25) is 5.91 Å². The molecular weight excluding hydrogens is 314 g/mol. The van der Waals surface area contributed by atoms with Crippen LogP contribution in [0, 0.1) is 0 Å². The number of piperazine rings is 1. The SMILES string of the molecule is O=C(CCc1ccoc1)N1C[C@@H]2C[C@H]1CN2C(=O)c1coc(=O)[nH]1. The maximum atomic E-state index is 12.4. The second-order valence-corrected chi connectivity index (χ2v) is 6.24. The Morgan fingerprint density at radius 2 is 2.00 bits per heavy atom. The molecule has 0 aromatic carbocycles. The first kappa shape index (κ1) is 14.8. The molecule has 2 aliphatic rings. The molecule has 8 heteroatoms. The fourth-order valence-corrected chi connectivity index (χ4v) is 3.59. The van der Waals surface area contributed by atoms with Crippen LogP contribution in [-0.2, 0) is 11.2 Å². The van der Waals surface area contributed by atoms with Crippen molar-refractivity contribution >= 4 is 11.8 Å². The van der Waals surface area contributed by atoms with Crippen molar-refractivity contribution in [3.8, 4) is 0 Å². The summed E-state index contributed by atoms with van der Waals surface area (Å²) in [6, 6.07) is 1.91. The summed E-state index contributed by atoms with van der Waals surface area (Å²) in [5.41, 5.74) is 1.17. The molecule has 2 bridgehead atoms. The average Bonchev–Trinajstić information content (AvgIpc) is 3.34. The van der Waals surface area contributed by atoms with Crippen LogP contribution in [0.25, 0.3) is 0 Å². The molecule has 2 fully saturated rings. The molecule has 0 spiro atoms. The normalized spacial score (nSPS) is 22.3. The van der Waals surface area contributed by atoms with E-state index in [1.165, 1.54) is 0 Å². The van der Waals surface area contributed by atoms with E-state index in [2.05, 4.69) is 9.40 Å². The van der Waals surface area contributed by atoms with Crippen molar-refractivity contribution in [2.75, 3.05) is 13.1 Å². The van der Waals surface area contributed by atoms with Crippen molar-refractivity contribution in [1.29, 1.82) is 0 Å². The third-order valence-electron chi connectivity index (χ3n) is 4.78. The number of hydrogen-bond acceptors (Lipinski definition) is 5. The smallest absolute Gasteiger partial charge is 0.416 e. The van der Waals surface area contributed by atoms with Gasteiger partial charge >= 0.3 is 5.76 Å². The minimum atomic E-state index is -0.640. The number of carbonyl (C=O) groups is 2. The van der Waals surface area contributed by atoms with E-state index in [9.17, 15) is 14.4 Å². The lowest BCUT2D eigenvalue weighted by atomic mass is 10.1. The first-order chi connectivity index (χ1) is 11.6. The summed E-state index contributed by atoms with van der Waals surface area (Å²) in [5.74, 6) is -0.787. The molecule has 2 saturated heterocycles. The molecule has 2 atom stereocenters. The van der Waals surface area contributed by atoms with Crippen molar-refractivity contribution in [3.05, 3.63) is 46.7 Å². The number of furan rings is 1. The Labute approximate surface area is 137 Å². The zero-order valence-electron chi connectivity index (χ0n) is 12.9. The second-order valence-electron chi connectivity index (χ2n) is 6.24. The fourth-order valence-electron chi connectivity index (χ4n) is 3.59. The van der Waals surface area contributed by atoms with E-state index in [1.807, 2.05) is 11.0 Å². The van der Waals surface area contributed by atoms with Gasteiger partial charge in [-0.2, -0.15) is 0 Å². The Morgan fingerprint density at radius 1 is 1.21 bits per heavy atom. The van der Waals surface area contributed by atoms with E-state index in [1.54, 1.807) is 17.4 Å². The quantitative estimate of drug-likeness (QED) is 0.885. The van der Waals surface area contributed by atoms with Crippen LogP contribution in [0.2, 0.25) is 0 Å². The zero-order chi connectivity index (χ0) is 16.7. The highest BCUT2D eigenvalue weighted by Crippen LogP contribution is 2.32. The largest absolute Gasteiger partial charge is 0.472 e. The number of likely N-dealkylation sites (tertiary alicyclic amines) is 2. The number of rotatable bonds is 4. The van der Waals surface area contributed by atoms with E-state index in [-0.39, 0.29) is 29.6 Å². The number of nitrogens with zero attached hydrogens (tertiary/aromatic N) is 2. The Morgan fingerprint density at radius 3 is 2.62 bits per heavy atom. The van der Waals surface area contributed by atoms with Crippen LogP contribution >= 0.6 is 0 Å². The minimum Gasteiger partial charge on any atom is -0.472 e. The number of aromatic amines is 1. The summed E-state index contributed by atoms with van der Waals surface area (Å²) in [7, 11) is 0. The molecule has 4 rings (SSSR count). The van der Waals surface area contributed by atoms with Crippen molar-refractivity contribution in [2.24, 2.45) is 0 Å². The molecule has 0 aliphatic carbocycles. The summed E-state index contributed by atoms with van der Waals surface area (Å²) in [6.07, 6.45) is 6.26. The van der Waals surface area contributed by atoms with Crippen LogP contribution in [0.15, 0.2) is 38.5 Å². The van der Waals surface area contributed by atoms with Gasteiger partial charge in [0.05, 0.1) is 24.6 Å². The molecule has 4 heterocycles. The lowest BCUT2D eigenvalue weighted by Crippen LogP contribution is -2.50. The lowest BCUT2D eigenvalue weighted by Gasteiger charge is -2.34. The predicted octanol–water partition coefficient (Wildman–Crippen LogP) is 0.619. The number of carbonyl (C=O) groups excluding carboxylic acids is 2. The van der Waals surface area contributed by atoms with E-state index >= 15 is 0 Å². The van der Waals surface area contributed by atoms with Gasteiger partial charge in [-0.25, -0.2) is 4.79 Å². The number of aryl methyl sites for hydroxylation is 1. The highest BCUT2D eigenvalue weighted by molar-refractivity contribution is 5.92. The first-order valence-corrected chi connectivity index (χ1v) is 7.91. The molecule has 126 valence electrons. The van der Waals surface area contributed by atoms with Crippen molar-refractivity contribution in [2.45, 2.75) is 31.3 Å². The molecule has 0 unspecified atom stereocenters. The number of amides is 2. The Bertz CT molecular complexity index is 806. The number of hydrogen-bond donors (Lipinski definition) is 1. The van der Waals surface area contributed by atoms with E-state index < -0.39 is 5.76 Å². The van der Waals surface area contributed by atoms with Crippen LogP contribution < -0.4 is 5.76 Å². The van der Waals surface area contributed by atoms with Crippen LogP contribution in [0.3, 0.4) is 0 Å². The third-order valence-corrected chi connectivity index (χ3v) is 4.78. The van der Waals surface area contributed by atoms with Crippen LogP contribution in [0.4, 0.5) is 0 Å². The van der Waals surface area contributed by atoms with E-state index in [0.29, 0.717) is 25.9 Å². The van der Waals surface area contributed by atoms with Crippen molar-refractivity contribution in [3.63, 3.8) is 0 Å². The zero-order valence-corrected chi connectivity index (χ0v) is 12.9. The molecule has 2 aromatic heterocycles. The predicted molar refractivity (Wildman–Crippen MR) is 81.3 cm³/mol. The molecule has 0 radical (unpaired) electrons. The van der Waals surface area contributed by atoms with Crippen LogP contribution in [-0.4, -0.2) is 51.8 Å². The van der Waals surface area contributed by atoms with Crippen LogP contribution in [0.5, 0.6) is 0 Å². The Hall–Kier alpha value is -2.77. The number of H-pyrrole nitrogens is 1. The number of oxazole rings is 1. The topological polar surface area (TPSA) is 99.8 Å². The van der Waals surface area contributed by atoms with E-state index in [0.717, 1.165) is 18.2 Å². The molecule has 8 nitrogen and oxygen atoms in total. The first-order valence-electron chi connectivity index (χ1n) is 7.91. The summed E-state index contributed by atoms with van der Waals surface area (Å²) in [5, 5.41) is 0. The third kappa shape index (κ3) is 2.53. The molecule has 2 amide bonds. The summed E-state index contributed by atoms with van der Waals surface area (Å²) in [4.78, 5) is 41.8. The minimum absolute atomic E-state index is 0.00113. The van der Waals surface area contributed by atoms with Gasteiger partial charge in [0.15, 0.2) is 0 Å². The molecule has 0 saturated carbocycles. The lowest BCUT2D eigenvalue weighted by molar-refractivity contribution is -0.133. The summed E-state index contributed by atoms with van der Waals surface area (Å²) >= 11 is 0. The molecule has 2 aliphatic heterocycles. The maximum Gasteiger partial charge on any atom is 0.416 e. The van der Waals surface area contributed by atoms with Gasteiger partial charge in [0, 0.05) is 19.5 Å². The monoisotopic (exact) mass is 331 g/mol.